The largest absolute Gasteiger partial charge is 0.444 e. The van der Waals surface area contributed by atoms with E-state index in [0.29, 0.717) is 64.3 Å². The molecule has 20 heteroatoms. The fourth-order valence-corrected chi connectivity index (χ4v) is 11.4. The van der Waals surface area contributed by atoms with E-state index in [1.165, 1.54) is 37.5 Å². The first kappa shape index (κ1) is 74.5. The smallest absolute Gasteiger partial charge is 0.411 e. The molecule has 2 aliphatic rings. The third kappa shape index (κ3) is 24.4. The van der Waals surface area contributed by atoms with Crippen LogP contribution in [0.4, 0.5) is 15.3 Å². The Balaban J connectivity index is 0.000000317. The molecule has 5 amide bonds. The molecule has 2 fully saturated rings. The molecule has 506 valence electrons. The van der Waals surface area contributed by atoms with E-state index in [-0.39, 0.29) is 44.4 Å². The van der Waals surface area contributed by atoms with Crippen molar-refractivity contribution in [3.63, 3.8) is 0 Å². The van der Waals surface area contributed by atoms with E-state index in [4.69, 9.17) is 16.0 Å². The van der Waals surface area contributed by atoms with Crippen LogP contribution in [-0.2, 0) is 88.5 Å². The molecule has 0 unspecified atom stereocenters. The van der Waals surface area contributed by atoms with Crippen LogP contribution in [0.2, 0.25) is 0 Å². The molecule has 0 aromatic heterocycles. The first-order chi connectivity index (χ1) is 45.1. The average Bonchev–Trinajstić information content (AvgIpc) is 0.787. The average molecular weight is 1300 g/mol. The third-order valence-corrected chi connectivity index (χ3v) is 15.5. The van der Waals surface area contributed by atoms with Crippen LogP contribution < -0.4 is 5.32 Å². The van der Waals surface area contributed by atoms with Gasteiger partial charge in [0.15, 0.2) is 5.69 Å². The topological polar surface area (TPSA) is 237 Å². The van der Waals surface area contributed by atoms with Gasteiger partial charge in [0.05, 0.1) is 18.8 Å². The lowest BCUT2D eigenvalue weighted by molar-refractivity contribution is -0.156. The molecule has 95 heavy (non-hydrogen) atoms. The Morgan fingerprint density at radius 1 is 0.547 bits per heavy atom. The van der Waals surface area contributed by atoms with Crippen LogP contribution in [0, 0.1) is 12.5 Å². The fourth-order valence-electron chi connectivity index (χ4n) is 11.4. The quantitative estimate of drug-likeness (QED) is 0.0263. The van der Waals surface area contributed by atoms with Crippen molar-refractivity contribution in [1.29, 1.82) is 0 Å². The number of benzene rings is 6. The monoisotopic (exact) mass is 1300 g/mol. The van der Waals surface area contributed by atoms with Crippen molar-refractivity contribution in [3.05, 3.63) is 220 Å². The zero-order valence-corrected chi connectivity index (χ0v) is 56.2. The Labute approximate surface area is 560 Å². The van der Waals surface area contributed by atoms with Crippen molar-refractivity contribution < 1.29 is 64.2 Å². The van der Waals surface area contributed by atoms with Gasteiger partial charge in [0.2, 0.25) is 17.7 Å². The minimum atomic E-state index is -1.32. The van der Waals surface area contributed by atoms with E-state index < -0.39 is 71.6 Å². The van der Waals surface area contributed by atoms with Gasteiger partial charge in [0.25, 0.3) is 0 Å². The van der Waals surface area contributed by atoms with Gasteiger partial charge >= 0.3 is 24.1 Å². The molecular formula is C75H93N7O13. The standard InChI is InChI=1S/C40H44N4O4.C31H41N3O6.C4H6O3.H2/c1-40(2,3)48-39(47)44-24-23-42(27-30-15-8-5-9-16-30)38(46)36(44)37(45)35(26-33-21-14-22-34(25-33)41-4)43(28-31-17-10-6-11-18-31)29-32-19-12-7-13-20-32;1-21(35)16-26(18-24-12-9-13-25(17-24)19-32-22(2)36)28(37)27-29(38)33(20-23-10-7-6-8-11-23)14-15-34(27)30(39)40-31(3,4)5;1-3(5)7-4(2)6;/h5-22,25,35-37,45H,23-24,26-29H2,1-3H3;6-13,17,26-28,37H,14-16,18-20H2,1-5H3,(H,32,36);1-2H3;1H/t35-,36+,37+;26-,27-,28-;;/m10../s1. The van der Waals surface area contributed by atoms with E-state index in [9.17, 15) is 48.6 Å². The van der Waals surface area contributed by atoms with Gasteiger partial charge in [-0.2, -0.15) is 0 Å². The summed E-state index contributed by atoms with van der Waals surface area (Å²) in [5.74, 6) is -2.76. The number of hydrogen-bond donors (Lipinski definition) is 3. The Morgan fingerprint density at radius 2 is 0.947 bits per heavy atom. The molecule has 6 atom stereocenters. The van der Waals surface area contributed by atoms with Crippen LogP contribution in [-0.4, -0.2) is 150 Å². The number of piperazine rings is 2. The van der Waals surface area contributed by atoms with E-state index in [1.54, 1.807) is 57.4 Å². The van der Waals surface area contributed by atoms with Gasteiger partial charge in [-0.05, 0) is 101 Å². The summed E-state index contributed by atoms with van der Waals surface area (Å²) in [6.45, 7) is 26.5. The van der Waals surface area contributed by atoms with E-state index >= 15 is 0 Å². The Kier molecular flexibility index (Phi) is 27.9. The maximum Gasteiger partial charge on any atom is 0.411 e. The summed E-state index contributed by atoms with van der Waals surface area (Å²) in [5.41, 5.74) is 5.49. The molecule has 0 spiro atoms. The predicted molar refractivity (Wildman–Crippen MR) is 363 cm³/mol. The summed E-state index contributed by atoms with van der Waals surface area (Å²) in [5, 5.41) is 27.1. The molecule has 6 aromatic carbocycles. The highest BCUT2D eigenvalue weighted by atomic mass is 16.6. The number of ketones is 1. The van der Waals surface area contributed by atoms with Crippen LogP contribution >= 0.6 is 0 Å². The number of nitrogens with one attached hydrogen (secondary N) is 1. The summed E-state index contributed by atoms with van der Waals surface area (Å²) in [6.07, 6.45) is -3.25. The molecule has 6 aromatic rings. The number of rotatable bonds is 21. The van der Waals surface area contributed by atoms with Gasteiger partial charge < -0.3 is 44.3 Å². The first-order valence-corrected chi connectivity index (χ1v) is 31.9. The molecule has 0 radical (unpaired) electrons. The van der Waals surface area contributed by atoms with Crippen LogP contribution in [0.5, 0.6) is 0 Å². The number of aliphatic hydroxyl groups excluding tert-OH is 2. The van der Waals surface area contributed by atoms with Crippen LogP contribution in [0.15, 0.2) is 170 Å². The van der Waals surface area contributed by atoms with Gasteiger partial charge in [-0.3, -0.25) is 38.7 Å². The lowest BCUT2D eigenvalue weighted by Gasteiger charge is -2.46. The minimum absolute atomic E-state index is 0. The Hall–Kier alpha value is -9.55. The summed E-state index contributed by atoms with van der Waals surface area (Å²) >= 11 is 0. The number of hydrogen-bond acceptors (Lipinski definition) is 14. The van der Waals surface area contributed by atoms with Crippen molar-refractivity contribution in [2.45, 2.75) is 163 Å². The summed E-state index contributed by atoms with van der Waals surface area (Å²) in [6, 6.07) is 51.1. The maximum atomic E-state index is 14.5. The number of nitrogens with zero attached hydrogens (tertiary/aromatic N) is 6. The van der Waals surface area contributed by atoms with Gasteiger partial charge in [-0.25, -0.2) is 14.4 Å². The lowest BCUT2D eigenvalue weighted by Crippen LogP contribution is -2.66. The number of ether oxygens (including phenoxy) is 3. The molecule has 2 aliphatic heterocycles. The molecule has 0 bridgehead atoms. The number of carbonyl (C=O) groups is 8. The van der Waals surface area contributed by atoms with Gasteiger partial charge in [0.1, 0.15) is 29.1 Å². The predicted octanol–water partition coefficient (Wildman–Crippen LogP) is 10.7. The highest BCUT2D eigenvalue weighted by Gasteiger charge is 2.48. The number of amides is 5. The normalized spacial score (nSPS) is 16.1. The molecule has 3 N–H and O–H groups in total. The number of aliphatic hydroxyl groups is 2. The molecule has 8 rings (SSSR count). The molecule has 0 aliphatic carbocycles. The van der Waals surface area contributed by atoms with Gasteiger partial charge in [-0.1, -0.05) is 175 Å². The Bertz CT molecular complexity index is 3510. The number of Topliss-reactive ketones (excluding diaryl/α,β-unsaturated/α-hetero) is 1. The maximum absolute atomic E-state index is 14.5. The second-order valence-electron chi connectivity index (χ2n) is 25.8. The van der Waals surface area contributed by atoms with Crippen LogP contribution in [0.1, 0.15) is 116 Å². The van der Waals surface area contributed by atoms with E-state index in [0.717, 1.165) is 38.9 Å². The van der Waals surface area contributed by atoms with Crippen LogP contribution in [0.25, 0.3) is 4.85 Å². The molecule has 20 nitrogen and oxygen atoms in total. The fraction of sp³-hybridized carbons (Fsp3) is 0.400. The zero-order chi connectivity index (χ0) is 69.4. The summed E-state index contributed by atoms with van der Waals surface area (Å²) in [4.78, 5) is 111. The lowest BCUT2D eigenvalue weighted by atomic mass is 9.84. The number of carbonyl (C=O) groups excluding carboxylic acids is 8. The van der Waals surface area contributed by atoms with Crippen molar-refractivity contribution in [2.75, 3.05) is 26.2 Å². The highest BCUT2D eigenvalue weighted by Crippen LogP contribution is 2.31. The van der Waals surface area contributed by atoms with Crippen molar-refractivity contribution >= 4 is 53.3 Å². The van der Waals surface area contributed by atoms with Crippen molar-refractivity contribution in [1.82, 2.24) is 29.8 Å². The van der Waals surface area contributed by atoms with E-state index in [2.05, 4.69) is 19.8 Å². The first-order valence-electron chi connectivity index (χ1n) is 31.9. The third-order valence-electron chi connectivity index (χ3n) is 15.5. The van der Waals surface area contributed by atoms with Gasteiger partial charge in [0, 0.05) is 93.6 Å². The molecular weight excluding hydrogens is 1210 g/mol. The summed E-state index contributed by atoms with van der Waals surface area (Å²) < 4.78 is 15.4. The molecule has 2 heterocycles. The molecule has 2 saturated heterocycles. The van der Waals surface area contributed by atoms with Crippen LogP contribution in [0.3, 0.4) is 0 Å². The van der Waals surface area contributed by atoms with Crippen molar-refractivity contribution in [3.8, 4) is 0 Å². The highest BCUT2D eigenvalue weighted by molar-refractivity contribution is 5.89. The second-order valence-corrected chi connectivity index (χ2v) is 25.8. The van der Waals surface area contributed by atoms with Gasteiger partial charge in [-0.15, -0.1) is 0 Å². The minimum Gasteiger partial charge on any atom is -0.444 e. The second kappa shape index (κ2) is 35.6. The Morgan fingerprint density at radius 3 is 1.35 bits per heavy atom. The molecule has 0 saturated carbocycles. The number of esters is 2. The summed E-state index contributed by atoms with van der Waals surface area (Å²) in [7, 11) is 0. The zero-order valence-electron chi connectivity index (χ0n) is 56.2. The SMILES string of the molecule is CC(=O)C[C@@H](Cc1cccc(CNC(C)=O)c1)[C@H](O)[C@H]1C(=O)N(Cc2ccccc2)CCN1C(=O)OC(C)(C)C.CC(=O)OC(C)=O.[C-]#[N+]c1cccc(C[C@H]([C@H](O)[C@H]2C(=O)N(Cc3ccccc3)CCN2C(=O)OC(C)(C)C)N(Cc2ccccc2)Cc2ccccc2)c1.[HH]. The van der Waals surface area contributed by atoms with Crippen molar-refractivity contribution in [2.24, 2.45) is 5.92 Å². The van der Waals surface area contributed by atoms with E-state index in [1.807, 2.05) is 164 Å².